The van der Waals surface area contributed by atoms with Crippen LogP contribution in [0.25, 0.3) is 0 Å². The lowest BCUT2D eigenvalue weighted by atomic mass is 9.98. The maximum Gasteiger partial charge on any atom is 0.191 e. The molecular formula is C20H37IN4O. The number of rotatable bonds is 9. The first-order valence-electron chi connectivity index (χ1n) is 9.27. The zero-order valence-electron chi connectivity index (χ0n) is 17.2. The van der Waals surface area contributed by atoms with Crippen molar-refractivity contribution >= 4 is 29.9 Å². The second-order valence-corrected chi connectivity index (χ2v) is 7.33. The van der Waals surface area contributed by atoms with E-state index in [0.29, 0.717) is 5.92 Å². The Morgan fingerprint density at radius 3 is 2.31 bits per heavy atom. The summed E-state index contributed by atoms with van der Waals surface area (Å²) in [7, 11) is 1.69. The molecule has 1 rings (SSSR count). The molecule has 5 nitrogen and oxygen atoms in total. The van der Waals surface area contributed by atoms with Crippen LogP contribution in [0.1, 0.15) is 52.5 Å². The molecule has 1 atom stereocenters. The van der Waals surface area contributed by atoms with Gasteiger partial charge in [-0.1, -0.05) is 19.1 Å². The Kier molecular flexibility index (Phi) is 12.7. The molecule has 0 saturated heterocycles. The van der Waals surface area contributed by atoms with Crippen LogP contribution in [0.15, 0.2) is 29.3 Å². The van der Waals surface area contributed by atoms with Crippen molar-refractivity contribution in [3.63, 3.8) is 0 Å². The van der Waals surface area contributed by atoms with Gasteiger partial charge in [-0.05, 0) is 57.7 Å². The average molecular weight is 476 g/mol. The summed E-state index contributed by atoms with van der Waals surface area (Å²) >= 11 is 0. The van der Waals surface area contributed by atoms with Crippen molar-refractivity contribution in [3.05, 3.63) is 29.8 Å². The van der Waals surface area contributed by atoms with Gasteiger partial charge < -0.3 is 20.7 Å². The third-order valence-corrected chi connectivity index (χ3v) is 3.93. The summed E-state index contributed by atoms with van der Waals surface area (Å²) in [6.45, 7) is 14.3. The molecule has 150 valence electrons. The fraction of sp³-hybridized carbons (Fsp3) is 0.650. The van der Waals surface area contributed by atoms with Crippen molar-refractivity contribution in [2.24, 2.45) is 4.99 Å². The second kappa shape index (κ2) is 13.2. The normalized spacial score (nSPS) is 12.9. The van der Waals surface area contributed by atoms with E-state index >= 15 is 0 Å². The van der Waals surface area contributed by atoms with Gasteiger partial charge in [-0.25, -0.2) is 0 Å². The fourth-order valence-corrected chi connectivity index (χ4v) is 2.43. The van der Waals surface area contributed by atoms with E-state index in [0.717, 1.165) is 44.3 Å². The highest BCUT2D eigenvalue weighted by Gasteiger charge is 2.08. The van der Waals surface area contributed by atoms with Crippen LogP contribution in [-0.4, -0.2) is 44.8 Å². The number of hydrogen-bond acceptors (Lipinski definition) is 3. The lowest BCUT2D eigenvalue weighted by Crippen LogP contribution is -2.44. The fourth-order valence-electron chi connectivity index (χ4n) is 2.43. The molecule has 1 aromatic carbocycles. The molecule has 0 radical (unpaired) electrons. The van der Waals surface area contributed by atoms with Crippen molar-refractivity contribution in [1.29, 1.82) is 0 Å². The van der Waals surface area contributed by atoms with Crippen LogP contribution in [0.2, 0.25) is 0 Å². The summed E-state index contributed by atoms with van der Waals surface area (Å²) in [4.78, 5) is 4.69. The smallest absolute Gasteiger partial charge is 0.191 e. The number of methoxy groups -OCH3 is 1. The number of nitrogens with one attached hydrogen (secondary N) is 3. The minimum atomic E-state index is 0. The van der Waals surface area contributed by atoms with Gasteiger partial charge in [0.15, 0.2) is 5.96 Å². The van der Waals surface area contributed by atoms with Crippen LogP contribution in [-0.2, 0) is 0 Å². The number of guanidine groups is 1. The minimum absolute atomic E-state index is 0. The van der Waals surface area contributed by atoms with Crippen molar-refractivity contribution in [2.75, 3.05) is 33.3 Å². The molecule has 0 aliphatic rings. The Bertz CT molecular complexity index is 512. The van der Waals surface area contributed by atoms with Crippen LogP contribution in [0, 0.1) is 0 Å². The zero-order chi connectivity index (χ0) is 18.7. The van der Waals surface area contributed by atoms with Crippen molar-refractivity contribution in [1.82, 2.24) is 16.0 Å². The summed E-state index contributed by atoms with van der Waals surface area (Å²) in [6.07, 6.45) is 1.02. The SMILES string of the molecule is CCNC(=NCCC(C)c1ccc(OC)cc1)NCCNC(C)(C)C.I. The summed E-state index contributed by atoms with van der Waals surface area (Å²) in [5.41, 5.74) is 1.47. The minimum Gasteiger partial charge on any atom is -0.497 e. The highest BCUT2D eigenvalue weighted by atomic mass is 127. The molecule has 6 heteroatoms. The Hall–Kier alpha value is -1.02. The predicted molar refractivity (Wildman–Crippen MR) is 123 cm³/mol. The Labute approximate surface area is 176 Å². The summed E-state index contributed by atoms with van der Waals surface area (Å²) in [5.74, 6) is 2.26. The molecule has 0 aromatic heterocycles. The molecule has 1 aromatic rings. The van der Waals surface area contributed by atoms with Crippen LogP contribution >= 0.6 is 24.0 Å². The number of hydrogen-bond donors (Lipinski definition) is 3. The van der Waals surface area contributed by atoms with Gasteiger partial charge in [0.2, 0.25) is 0 Å². The highest BCUT2D eigenvalue weighted by molar-refractivity contribution is 14.0. The molecule has 26 heavy (non-hydrogen) atoms. The van der Waals surface area contributed by atoms with E-state index in [4.69, 9.17) is 4.74 Å². The molecule has 3 N–H and O–H groups in total. The van der Waals surface area contributed by atoms with Gasteiger partial charge in [-0.2, -0.15) is 0 Å². The highest BCUT2D eigenvalue weighted by Crippen LogP contribution is 2.21. The summed E-state index contributed by atoms with van der Waals surface area (Å²) in [5, 5.41) is 10.2. The lowest BCUT2D eigenvalue weighted by Gasteiger charge is -2.21. The van der Waals surface area contributed by atoms with Gasteiger partial charge in [0.25, 0.3) is 0 Å². The zero-order valence-corrected chi connectivity index (χ0v) is 19.5. The first-order valence-corrected chi connectivity index (χ1v) is 9.27. The van der Waals surface area contributed by atoms with Crippen LogP contribution in [0.4, 0.5) is 0 Å². The summed E-state index contributed by atoms with van der Waals surface area (Å²) in [6, 6.07) is 8.30. The number of aliphatic imine (C=N–C) groups is 1. The first kappa shape index (κ1) is 25.0. The maximum absolute atomic E-state index is 5.21. The third-order valence-electron chi connectivity index (χ3n) is 3.93. The van der Waals surface area contributed by atoms with Gasteiger partial charge in [0.1, 0.15) is 5.75 Å². The molecule has 1 unspecified atom stereocenters. The van der Waals surface area contributed by atoms with E-state index in [9.17, 15) is 0 Å². The van der Waals surface area contributed by atoms with E-state index in [1.165, 1.54) is 5.56 Å². The standard InChI is InChI=1S/C20H36N4O.HI/c1-7-21-19(23-14-15-24-20(3,4)5)22-13-12-16(2)17-8-10-18(25-6)11-9-17;/h8-11,16,24H,7,12-15H2,1-6H3,(H2,21,22,23);1H. The molecule has 0 spiro atoms. The van der Waals surface area contributed by atoms with Crippen LogP contribution < -0.4 is 20.7 Å². The topological polar surface area (TPSA) is 57.7 Å². The van der Waals surface area contributed by atoms with Crippen LogP contribution in [0.3, 0.4) is 0 Å². The number of benzene rings is 1. The Morgan fingerprint density at radius 2 is 1.77 bits per heavy atom. The molecule has 0 saturated carbocycles. The Morgan fingerprint density at radius 1 is 1.12 bits per heavy atom. The molecule has 0 heterocycles. The molecule has 0 aliphatic carbocycles. The van der Waals surface area contributed by atoms with Gasteiger partial charge in [0, 0.05) is 31.7 Å². The maximum atomic E-state index is 5.21. The molecule has 0 fully saturated rings. The van der Waals surface area contributed by atoms with E-state index in [1.807, 2.05) is 12.1 Å². The first-order chi connectivity index (χ1) is 11.9. The van der Waals surface area contributed by atoms with Crippen molar-refractivity contribution in [3.8, 4) is 5.75 Å². The van der Waals surface area contributed by atoms with E-state index in [2.05, 4.69) is 67.7 Å². The monoisotopic (exact) mass is 476 g/mol. The molecule has 0 amide bonds. The predicted octanol–water partition coefficient (Wildman–Crippen LogP) is 3.75. The van der Waals surface area contributed by atoms with Crippen molar-refractivity contribution in [2.45, 2.75) is 52.5 Å². The van der Waals surface area contributed by atoms with E-state index in [1.54, 1.807) is 7.11 Å². The van der Waals surface area contributed by atoms with Gasteiger partial charge in [-0.15, -0.1) is 24.0 Å². The Balaban J connectivity index is 0.00000625. The van der Waals surface area contributed by atoms with Gasteiger partial charge in [0.05, 0.1) is 7.11 Å². The summed E-state index contributed by atoms with van der Waals surface area (Å²) < 4.78 is 5.21. The van der Waals surface area contributed by atoms with Gasteiger partial charge in [-0.3, -0.25) is 4.99 Å². The van der Waals surface area contributed by atoms with Crippen LogP contribution in [0.5, 0.6) is 5.75 Å². The quantitative estimate of drug-likeness (QED) is 0.220. The van der Waals surface area contributed by atoms with E-state index < -0.39 is 0 Å². The number of nitrogens with zero attached hydrogens (tertiary/aromatic N) is 1. The second-order valence-electron chi connectivity index (χ2n) is 7.33. The number of halogens is 1. The van der Waals surface area contributed by atoms with Crippen molar-refractivity contribution < 1.29 is 4.74 Å². The molecule has 0 bridgehead atoms. The molecule has 0 aliphatic heterocycles. The lowest BCUT2D eigenvalue weighted by molar-refractivity contribution is 0.414. The molecular weight excluding hydrogens is 439 g/mol. The van der Waals surface area contributed by atoms with Gasteiger partial charge >= 0.3 is 0 Å². The number of ether oxygens (including phenoxy) is 1. The average Bonchev–Trinajstić information content (AvgIpc) is 2.57. The largest absolute Gasteiger partial charge is 0.497 e. The van der Waals surface area contributed by atoms with E-state index in [-0.39, 0.29) is 29.5 Å². The third kappa shape index (κ3) is 10.9.